The number of carbonyl (C=O) groups excluding carboxylic acids is 2. The van der Waals surface area contributed by atoms with Crippen molar-refractivity contribution in [2.45, 2.75) is 6.92 Å². The standard InChI is InChI=1S/C16H15NO4/c1-10-14(16(19)21-3)12(15(18)20-2)9-13(17-10)11-7-5-4-6-8-11/h4-9H,1-3H3. The summed E-state index contributed by atoms with van der Waals surface area (Å²) in [4.78, 5) is 28.2. The number of aryl methyl sites for hydroxylation is 1. The molecule has 0 bridgehead atoms. The van der Waals surface area contributed by atoms with E-state index in [0.717, 1.165) is 5.56 Å². The van der Waals surface area contributed by atoms with Crippen molar-refractivity contribution in [1.29, 1.82) is 0 Å². The number of hydrogen-bond donors (Lipinski definition) is 0. The number of methoxy groups -OCH3 is 2. The van der Waals surface area contributed by atoms with E-state index in [1.807, 2.05) is 30.3 Å². The van der Waals surface area contributed by atoms with Gasteiger partial charge in [0.1, 0.15) is 0 Å². The predicted molar refractivity (Wildman–Crippen MR) is 77.1 cm³/mol. The maximum Gasteiger partial charge on any atom is 0.340 e. The van der Waals surface area contributed by atoms with Crippen LogP contribution in [0.15, 0.2) is 36.4 Å². The van der Waals surface area contributed by atoms with Crippen molar-refractivity contribution >= 4 is 11.9 Å². The summed E-state index contributed by atoms with van der Waals surface area (Å²) in [5.41, 5.74) is 2.15. The third-order valence-electron chi connectivity index (χ3n) is 3.06. The van der Waals surface area contributed by atoms with Gasteiger partial charge in [-0.2, -0.15) is 0 Å². The molecule has 5 heteroatoms. The Balaban J connectivity index is 2.66. The number of nitrogens with zero attached hydrogens (tertiary/aromatic N) is 1. The summed E-state index contributed by atoms with van der Waals surface area (Å²) in [5.74, 6) is -1.21. The molecule has 108 valence electrons. The summed E-state index contributed by atoms with van der Waals surface area (Å²) in [6, 6.07) is 10.9. The Morgan fingerprint density at radius 1 is 1.00 bits per heavy atom. The lowest BCUT2D eigenvalue weighted by Gasteiger charge is -2.11. The molecule has 0 unspecified atom stereocenters. The van der Waals surface area contributed by atoms with Crippen LogP contribution in [0.4, 0.5) is 0 Å². The molecule has 0 N–H and O–H groups in total. The van der Waals surface area contributed by atoms with Crippen molar-refractivity contribution in [2.24, 2.45) is 0 Å². The SMILES string of the molecule is COC(=O)c1cc(-c2ccccc2)nc(C)c1C(=O)OC. The summed E-state index contributed by atoms with van der Waals surface area (Å²) in [5, 5.41) is 0. The highest BCUT2D eigenvalue weighted by atomic mass is 16.5. The van der Waals surface area contributed by atoms with Gasteiger partial charge in [-0.3, -0.25) is 4.98 Å². The molecule has 2 aromatic rings. The second-order valence-corrected chi connectivity index (χ2v) is 4.36. The fourth-order valence-electron chi connectivity index (χ4n) is 2.06. The molecule has 0 aliphatic rings. The van der Waals surface area contributed by atoms with Gasteiger partial charge in [-0.05, 0) is 13.0 Å². The second-order valence-electron chi connectivity index (χ2n) is 4.36. The Labute approximate surface area is 122 Å². The third kappa shape index (κ3) is 2.91. The minimum atomic E-state index is -0.611. The molecule has 2 rings (SSSR count). The van der Waals surface area contributed by atoms with E-state index in [1.165, 1.54) is 14.2 Å². The van der Waals surface area contributed by atoms with E-state index in [-0.39, 0.29) is 11.1 Å². The van der Waals surface area contributed by atoms with Crippen LogP contribution in [0, 0.1) is 6.92 Å². The average molecular weight is 285 g/mol. The van der Waals surface area contributed by atoms with Crippen LogP contribution in [0.3, 0.4) is 0 Å². The Bertz CT molecular complexity index is 680. The topological polar surface area (TPSA) is 65.5 Å². The Morgan fingerprint density at radius 3 is 2.19 bits per heavy atom. The molecule has 0 atom stereocenters. The molecule has 0 saturated carbocycles. The molecule has 0 fully saturated rings. The molecule has 1 heterocycles. The molecule has 1 aromatic carbocycles. The van der Waals surface area contributed by atoms with E-state index in [9.17, 15) is 9.59 Å². The van der Waals surface area contributed by atoms with E-state index in [0.29, 0.717) is 11.4 Å². The van der Waals surface area contributed by atoms with Crippen LogP contribution in [0.1, 0.15) is 26.4 Å². The molecule has 21 heavy (non-hydrogen) atoms. The van der Waals surface area contributed by atoms with Gasteiger partial charge in [0.2, 0.25) is 0 Å². The van der Waals surface area contributed by atoms with E-state index >= 15 is 0 Å². The molecule has 1 aromatic heterocycles. The van der Waals surface area contributed by atoms with Crippen molar-refractivity contribution in [3.8, 4) is 11.3 Å². The second kappa shape index (κ2) is 6.17. The summed E-state index contributed by atoms with van der Waals surface area (Å²) in [6.45, 7) is 1.66. The monoisotopic (exact) mass is 285 g/mol. The zero-order chi connectivity index (χ0) is 15.4. The maximum atomic E-state index is 11.9. The normalized spacial score (nSPS) is 10.0. The first-order chi connectivity index (χ1) is 10.1. The highest BCUT2D eigenvalue weighted by Gasteiger charge is 2.23. The van der Waals surface area contributed by atoms with Gasteiger partial charge in [-0.15, -0.1) is 0 Å². The first kappa shape index (κ1) is 14.7. The van der Waals surface area contributed by atoms with Crippen LogP contribution in [-0.2, 0) is 9.47 Å². The zero-order valence-corrected chi connectivity index (χ0v) is 12.0. The molecule has 0 saturated heterocycles. The van der Waals surface area contributed by atoms with Gasteiger partial charge in [0.25, 0.3) is 0 Å². The van der Waals surface area contributed by atoms with Crippen molar-refractivity contribution in [3.63, 3.8) is 0 Å². The number of carbonyl (C=O) groups is 2. The minimum absolute atomic E-state index is 0.129. The highest BCUT2D eigenvalue weighted by molar-refractivity contribution is 6.04. The number of rotatable bonds is 3. The van der Waals surface area contributed by atoms with Gasteiger partial charge in [-0.1, -0.05) is 30.3 Å². The lowest BCUT2D eigenvalue weighted by atomic mass is 10.0. The number of pyridine rings is 1. The van der Waals surface area contributed by atoms with Crippen LogP contribution in [0.2, 0.25) is 0 Å². The van der Waals surface area contributed by atoms with E-state index in [1.54, 1.807) is 13.0 Å². The first-order valence-electron chi connectivity index (χ1n) is 6.32. The molecular formula is C16H15NO4. The third-order valence-corrected chi connectivity index (χ3v) is 3.06. The maximum absolute atomic E-state index is 11.9. The van der Waals surface area contributed by atoms with Crippen molar-refractivity contribution < 1.29 is 19.1 Å². The van der Waals surface area contributed by atoms with Gasteiger partial charge >= 0.3 is 11.9 Å². The average Bonchev–Trinajstić information content (AvgIpc) is 2.53. The minimum Gasteiger partial charge on any atom is -0.465 e. The summed E-state index contributed by atoms with van der Waals surface area (Å²) < 4.78 is 9.45. The van der Waals surface area contributed by atoms with E-state index < -0.39 is 11.9 Å². The number of esters is 2. The van der Waals surface area contributed by atoms with E-state index in [4.69, 9.17) is 9.47 Å². The molecule has 0 aliphatic heterocycles. The van der Waals surface area contributed by atoms with Crippen molar-refractivity contribution in [3.05, 3.63) is 53.2 Å². The zero-order valence-electron chi connectivity index (χ0n) is 12.0. The quantitative estimate of drug-likeness (QED) is 0.811. The molecule has 5 nitrogen and oxygen atoms in total. The Kier molecular flexibility index (Phi) is 4.33. The first-order valence-corrected chi connectivity index (χ1v) is 6.32. The number of aromatic nitrogens is 1. The molecule has 0 radical (unpaired) electrons. The van der Waals surface area contributed by atoms with Crippen molar-refractivity contribution in [1.82, 2.24) is 4.98 Å². The van der Waals surface area contributed by atoms with Gasteiger partial charge < -0.3 is 9.47 Å². The predicted octanol–water partition coefficient (Wildman–Crippen LogP) is 2.63. The number of ether oxygens (including phenoxy) is 2. The van der Waals surface area contributed by atoms with Crippen LogP contribution in [0.5, 0.6) is 0 Å². The molecule has 0 spiro atoms. The van der Waals surface area contributed by atoms with E-state index in [2.05, 4.69) is 4.98 Å². The lowest BCUT2D eigenvalue weighted by Crippen LogP contribution is -2.15. The summed E-state index contributed by atoms with van der Waals surface area (Å²) in [7, 11) is 2.52. The largest absolute Gasteiger partial charge is 0.465 e. The molecule has 0 aliphatic carbocycles. The number of hydrogen-bond acceptors (Lipinski definition) is 5. The van der Waals surface area contributed by atoms with Gasteiger partial charge in [-0.25, -0.2) is 9.59 Å². The van der Waals surface area contributed by atoms with Gasteiger partial charge in [0, 0.05) is 5.56 Å². The van der Waals surface area contributed by atoms with Crippen LogP contribution < -0.4 is 0 Å². The number of benzene rings is 1. The van der Waals surface area contributed by atoms with Gasteiger partial charge in [0.15, 0.2) is 0 Å². The van der Waals surface area contributed by atoms with Crippen molar-refractivity contribution in [2.75, 3.05) is 14.2 Å². The van der Waals surface area contributed by atoms with Gasteiger partial charge in [0.05, 0.1) is 36.7 Å². The molecule has 0 amide bonds. The van der Waals surface area contributed by atoms with Crippen LogP contribution >= 0.6 is 0 Å². The molecular weight excluding hydrogens is 270 g/mol. The fourth-order valence-corrected chi connectivity index (χ4v) is 2.06. The van der Waals surface area contributed by atoms with Crippen LogP contribution in [0.25, 0.3) is 11.3 Å². The summed E-state index contributed by atoms with van der Waals surface area (Å²) in [6.07, 6.45) is 0. The Morgan fingerprint density at radius 2 is 1.62 bits per heavy atom. The summed E-state index contributed by atoms with van der Waals surface area (Å²) >= 11 is 0. The van der Waals surface area contributed by atoms with Crippen LogP contribution in [-0.4, -0.2) is 31.1 Å². The Hall–Kier alpha value is -2.69. The lowest BCUT2D eigenvalue weighted by molar-refractivity contribution is 0.0554. The fraction of sp³-hybridized carbons (Fsp3) is 0.188. The smallest absolute Gasteiger partial charge is 0.340 e. The highest BCUT2D eigenvalue weighted by Crippen LogP contribution is 2.23.